The van der Waals surface area contributed by atoms with Gasteiger partial charge >= 0.3 is 0 Å². The molecule has 0 aliphatic heterocycles. The van der Waals surface area contributed by atoms with E-state index in [9.17, 15) is 0 Å². The number of pyridine rings is 1. The average molecular weight is 288 g/mol. The molecular formula is C12H9Cl3N2. The third-order valence-electron chi connectivity index (χ3n) is 2.21. The van der Waals surface area contributed by atoms with E-state index < -0.39 is 0 Å². The Labute approximate surface area is 115 Å². The van der Waals surface area contributed by atoms with Gasteiger partial charge in [-0.2, -0.15) is 0 Å². The maximum atomic E-state index is 5.93. The smallest absolute Gasteiger partial charge is 0.131 e. The monoisotopic (exact) mass is 286 g/mol. The van der Waals surface area contributed by atoms with Gasteiger partial charge < -0.3 is 5.32 Å². The van der Waals surface area contributed by atoms with E-state index in [1.54, 1.807) is 18.3 Å². The minimum Gasteiger partial charge on any atom is -0.381 e. The lowest BCUT2D eigenvalue weighted by Crippen LogP contribution is -1.99. The number of benzene rings is 1. The van der Waals surface area contributed by atoms with Crippen LogP contribution in [0.25, 0.3) is 0 Å². The van der Waals surface area contributed by atoms with Crippen molar-refractivity contribution in [3.8, 4) is 0 Å². The van der Waals surface area contributed by atoms with Crippen molar-refractivity contribution in [2.75, 3.05) is 5.32 Å². The molecule has 88 valence electrons. The molecule has 0 unspecified atom stereocenters. The molecule has 0 saturated carbocycles. The highest BCUT2D eigenvalue weighted by molar-refractivity contribution is 6.42. The maximum absolute atomic E-state index is 5.93. The number of hydrogen-bond acceptors (Lipinski definition) is 2. The second-order valence-corrected chi connectivity index (χ2v) is 4.67. The lowest BCUT2D eigenvalue weighted by molar-refractivity contribution is 1.14. The molecular weight excluding hydrogens is 279 g/mol. The molecule has 2 rings (SSSR count). The van der Waals surface area contributed by atoms with Gasteiger partial charge in [0.25, 0.3) is 0 Å². The molecule has 0 spiro atoms. The lowest BCUT2D eigenvalue weighted by atomic mass is 10.2. The van der Waals surface area contributed by atoms with E-state index in [0.717, 1.165) is 11.3 Å². The zero-order valence-corrected chi connectivity index (χ0v) is 11.0. The third kappa shape index (κ3) is 3.50. The van der Waals surface area contributed by atoms with Crippen molar-refractivity contribution < 1.29 is 0 Å². The first kappa shape index (κ1) is 12.5. The molecule has 5 heteroatoms. The van der Waals surface area contributed by atoms with Crippen molar-refractivity contribution in [1.82, 2.24) is 4.98 Å². The quantitative estimate of drug-likeness (QED) is 0.831. The van der Waals surface area contributed by atoms with Gasteiger partial charge in [-0.3, -0.25) is 0 Å². The third-order valence-corrected chi connectivity index (χ3v) is 3.15. The molecule has 0 atom stereocenters. The van der Waals surface area contributed by atoms with E-state index in [-0.39, 0.29) is 0 Å². The summed E-state index contributed by atoms with van der Waals surface area (Å²) in [7, 11) is 0. The van der Waals surface area contributed by atoms with Crippen LogP contribution >= 0.6 is 34.8 Å². The fraction of sp³-hybridized carbons (Fsp3) is 0.0833. The second kappa shape index (κ2) is 5.58. The zero-order chi connectivity index (χ0) is 12.3. The van der Waals surface area contributed by atoms with Crippen LogP contribution in [0.1, 0.15) is 5.56 Å². The lowest BCUT2D eigenvalue weighted by Gasteiger charge is -2.07. The summed E-state index contributed by atoms with van der Waals surface area (Å²) in [4.78, 5) is 3.91. The number of halogens is 3. The maximum Gasteiger partial charge on any atom is 0.131 e. The molecule has 2 aromatic rings. The van der Waals surface area contributed by atoms with Crippen LogP contribution in [0.2, 0.25) is 15.2 Å². The fourth-order valence-electron chi connectivity index (χ4n) is 1.37. The number of rotatable bonds is 3. The van der Waals surface area contributed by atoms with Crippen molar-refractivity contribution in [3.05, 3.63) is 57.3 Å². The van der Waals surface area contributed by atoms with E-state index >= 15 is 0 Å². The zero-order valence-electron chi connectivity index (χ0n) is 8.75. The second-order valence-electron chi connectivity index (χ2n) is 3.47. The molecule has 0 amide bonds. The van der Waals surface area contributed by atoms with Crippen LogP contribution in [-0.4, -0.2) is 4.98 Å². The highest BCUT2D eigenvalue weighted by Gasteiger charge is 2.00. The van der Waals surface area contributed by atoms with Gasteiger partial charge in [-0.05, 0) is 29.8 Å². The van der Waals surface area contributed by atoms with Crippen molar-refractivity contribution in [2.45, 2.75) is 6.54 Å². The van der Waals surface area contributed by atoms with Gasteiger partial charge in [0.05, 0.1) is 10.0 Å². The fourth-order valence-corrected chi connectivity index (χ4v) is 1.86. The topological polar surface area (TPSA) is 24.9 Å². The average Bonchev–Trinajstić information content (AvgIpc) is 2.31. The summed E-state index contributed by atoms with van der Waals surface area (Å²) < 4.78 is 0. The normalized spacial score (nSPS) is 10.3. The molecule has 0 bridgehead atoms. The Balaban J connectivity index is 2.05. The number of nitrogens with zero attached hydrogens (tertiary/aromatic N) is 1. The van der Waals surface area contributed by atoms with Gasteiger partial charge in [0, 0.05) is 18.4 Å². The molecule has 1 aromatic carbocycles. The Morgan fingerprint density at radius 1 is 1.00 bits per heavy atom. The Bertz CT molecular complexity index is 529. The number of anilines is 1. The van der Waals surface area contributed by atoms with E-state index in [1.165, 1.54) is 0 Å². The predicted octanol–water partition coefficient (Wildman–Crippen LogP) is 4.65. The first-order valence-electron chi connectivity index (χ1n) is 4.94. The van der Waals surface area contributed by atoms with Crippen molar-refractivity contribution in [1.29, 1.82) is 0 Å². The van der Waals surface area contributed by atoms with Crippen LogP contribution in [0, 0.1) is 0 Å². The van der Waals surface area contributed by atoms with E-state index in [0.29, 0.717) is 21.7 Å². The first-order chi connectivity index (χ1) is 8.15. The molecule has 0 aliphatic carbocycles. The van der Waals surface area contributed by atoms with Crippen molar-refractivity contribution in [3.63, 3.8) is 0 Å². The summed E-state index contributed by atoms with van der Waals surface area (Å²) in [5.41, 5.74) is 1.96. The largest absolute Gasteiger partial charge is 0.381 e. The summed E-state index contributed by atoms with van der Waals surface area (Å²) in [6.45, 7) is 0.650. The molecule has 1 heterocycles. The molecule has 17 heavy (non-hydrogen) atoms. The highest BCUT2D eigenvalue weighted by Crippen LogP contribution is 2.23. The molecule has 1 aromatic heterocycles. The van der Waals surface area contributed by atoms with Crippen molar-refractivity contribution in [2.24, 2.45) is 0 Å². The molecule has 0 saturated heterocycles. The van der Waals surface area contributed by atoms with Gasteiger partial charge in [-0.1, -0.05) is 40.9 Å². The van der Waals surface area contributed by atoms with Crippen LogP contribution in [0.3, 0.4) is 0 Å². The summed E-state index contributed by atoms with van der Waals surface area (Å²) in [6.07, 6.45) is 1.65. The van der Waals surface area contributed by atoms with E-state index in [4.69, 9.17) is 34.8 Å². The van der Waals surface area contributed by atoms with Gasteiger partial charge in [0.15, 0.2) is 0 Å². The van der Waals surface area contributed by atoms with Crippen LogP contribution in [-0.2, 0) is 6.54 Å². The molecule has 1 N–H and O–H groups in total. The number of hydrogen-bond donors (Lipinski definition) is 1. The summed E-state index contributed by atoms with van der Waals surface area (Å²) in [6, 6.07) is 9.15. The molecule has 0 aliphatic rings. The van der Waals surface area contributed by atoms with E-state index in [2.05, 4.69) is 10.3 Å². The standard InChI is InChI=1S/C12H9Cl3N2/c13-10-2-1-8(5-11(10)14)7-17-9-3-4-16-12(15)6-9/h1-6H,7H2,(H,16,17). The van der Waals surface area contributed by atoms with Crippen molar-refractivity contribution >= 4 is 40.5 Å². The number of aromatic nitrogens is 1. The van der Waals surface area contributed by atoms with Gasteiger partial charge in [-0.25, -0.2) is 4.98 Å². The van der Waals surface area contributed by atoms with Gasteiger partial charge in [0.2, 0.25) is 0 Å². The van der Waals surface area contributed by atoms with Gasteiger partial charge in [-0.15, -0.1) is 0 Å². The minimum atomic E-state index is 0.462. The highest BCUT2D eigenvalue weighted by atomic mass is 35.5. The Morgan fingerprint density at radius 3 is 2.53 bits per heavy atom. The van der Waals surface area contributed by atoms with Crippen LogP contribution in [0.15, 0.2) is 36.5 Å². The van der Waals surface area contributed by atoms with Crippen LogP contribution < -0.4 is 5.32 Å². The van der Waals surface area contributed by atoms with Gasteiger partial charge in [0.1, 0.15) is 5.15 Å². The van der Waals surface area contributed by atoms with E-state index in [1.807, 2.05) is 18.2 Å². The summed E-state index contributed by atoms with van der Waals surface area (Å²) in [5.74, 6) is 0. The molecule has 0 fully saturated rings. The Hall–Kier alpha value is -0.960. The summed E-state index contributed by atoms with van der Waals surface area (Å²) >= 11 is 17.6. The summed E-state index contributed by atoms with van der Waals surface area (Å²) in [5, 5.41) is 4.80. The molecule has 0 radical (unpaired) electrons. The Kier molecular flexibility index (Phi) is 4.11. The molecule has 2 nitrogen and oxygen atoms in total. The van der Waals surface area contributed by atoms with Crippen LogP contribution in [0.5, 0.6) is 0 Å². The Morgan fingerprint density at radius 2 is 1.82 bits per heavy atom. The predicted molar refractivity (Wildman–Crippen MR) is 73.0 cm³/mol. The first-order valence-corrected chi connectivity index (χ1v) is 6.08. The minimum absolute atomic E-state index is 0.462. The number of nitrogens with one attached hydrogen (secondary N) is 1. The van der Waals surface area contributed by atoms with Crippen LogP contribution in [0.4, 0.5) is 5.69 Å². The SMILES string of the molecule is Clc1cc(NCc2ccc(Cl)c(Cl)c2)ccn1.